The first kappa shape index (κ1) is 19.8. The molecule has 3 aromatic heterocycles. The zero-order chi connectivity index (χ0) is 22.1. The first-order chi connectivity index (χ1) is 15.6. The van der Waals surface area contributed by atoms with Crippen LogP contribution in [0.1, 0.15) is 11.3 Å². The molecule has 0 aliphatic heterocycles. The number of methoxy groups -OCH3 is 1. The minimum absolute atomic E-state index is 0.474. The number of ether oxygens (including phenoxy) is 2. The van der Waals surface area contributed by atoms with E-state index in [0.29, 0.717) is 12.4 Å². The second-order valence-corrected chi connectivity index (χ2v) is 7.54. The molecule has 160 valence electrons. The fraction of sp³-hybridized carbons (Fsp3) is 0.160. The van der Waals surface area contributed by atoms with Gasteiger partial charge in [-0.3, -0.25) is 4.68 Å². The minimum Gasteiger partial charge on any atom is -0.496 e. The molecule has 7 nitrogen and oxygen atoms in total. The van der Waals surface area contributed by atoms with Crippen LogP contribution >= 0.6 is 0 Å². The number of pyridine rings is 1. The van der Waals surface area contributed by atoms with E-state index in [9.17, 15) is 0 Å². The molecular formula is C25H23N5O2. The SMILES string of the molecule is COc1cc(-n2cccn2)ccc1-c1nn(C)c2c(OCc3ccccc3)cc(C)nc12. The number of aromatic nitrogens is 5. The van der Waals surface area contributed by atoms with Gasteiger partial charge in [0, 0.05) is 42.8 Å². The highest BCUT2D eigenvalue weighted by atomic mass is 16.5. The Balaban J connectivity index is 1.59. The lowest BCUT2D eigenvalue weighted by molar-refractivity contribution is 0.308. The summed E-state index contributed by atoms with van der Waals surface area (Å²) in [5.74, 6) is 1.46. The van der Waals surface area contributed by atoms with Gasteiger partial charge < -0.3 is 9.47 Å². The summed E-state index contributed by atoms with van der Waals surface area (Å²) in [5, 5.41) is 9.09. The van der Waals surface area contributed by atoms with Crippen LogP contribution in [0.25, 0.3) is 28.0 Å². The van der Waals surface area contributed by atoms with Gasteiger partial charge in [-0.2, -0.15) is 10.2 Å². The summed E-state index contributed by atoms with van der Waals surface area (Å²) in [6.07, 6.45) is 3.64. The minimum atomic E-state index is 0.474. The quantitative estimate of drug-likeness (QED) is 0.394. The Hall–Kier alpha value is -4.13. The summed E-state index contributed by atoms with van der Waals surface area (Å²) in [4.78, 5) is 4.80. The Morgan fingerprint density at radius 1 is 0.969 bits per heavy atom. The van der Waals surface area contributed by atoms with Crippen LogP contribution in [0.4, 0.5) is 0 Å². The smallest absolute Gasteiger partial charge is 0.149 e. The van der Waals surface area contributed by atoms with Gasteiger partial charge in [-0.1, -0.05) is 30.3 Å². The summed E-state index contributed by atoms with van der Waals surface area (Å²) in [7, 11) is 3.56. The standard InChI is InChI=1S/C25H23N5O2/c1-17-14-22(32-16-18-8-5-4-6-9-18)25-24(27-17)23(28-29(25)2)20-11-10-19(15-21(20)31-3)30-13-7-12-26-30/h4-15H,16H2,1-3H3. The molecule has 0 fully saturated rings. The van der Waals surface area contributed by atoms with E-state index in [1.165, 1.54) is 0 Å². The van der Waals surface area contributed by atoms with E-state index in [1.807, 2.05) is 85.5 Å². The van der Waals surface area contributed by atoms with Crippen LogP contribution in [0.15, 0.2) is 73.1 Å². The van der Waals surface area contributed by atoms with Crippen molar-refractivity contribution < 1.29 is 9.47 Å². The largest absolute Gasteiger partial charge is 0.496 e. The third kappa shape index (κ3) is 3.58. The normalized spacial score (nSPS) is 11.1. The van der Waals surface area contributed by atoms with Gasteiger partial charge >= 0.3 is 0 Å². The highest BCUT2D eigenvalue weighted by Crippen LogP contribution is 2.37. The van der Waals surface area contributed by atoms with Crippen LogP contribution in [0.3, 0.4) is 0 Å². The predicted molar refractivity (Wildman–Crippen MR) is 123 cm³/mol. The lowest BCUT2D eigenvalue weighted by Crippen LogP contribution is -1.99. The number of hydrogen-bond donors (Lipinski definition) is 0. The molecule has 7 heteroatoms. The van der Waals surface area contributed by atoms with Gasteiger partial charge in [-0.15, -0.1) is 0 Å². The first-order valence-corrected chi connectivity index (χ1v) is 10.3. The van der Waals surface area contributed by atoms with Crippen molar-refractivity contribution >= 4 is 11.0 Å². The maximum Gasteiger partial charge on any atom is 0.149 e. The molecule has 32 heavy (non-hydrogen) atoms. The van der Waals surface area contributed by atoms with Gasteiger partial charge in [0.1, 0.15) is 34.8 Å². The van der Waals surface area contributed by atoms with E-state index in [4.69, 9.17) is 19.6 Å². The monoisotopic (exact) mass is 425 g/mol. The number of fused-ring (bicyclic) bond motifs is 1. The van der Waals surface area contributed by atoms with Gasteiger partial charge in [-0.05, 0) is 30.7 Å². The molecule has 2 aromatic carbocycles. The van der Waals surface area contributed by atoms with Crippen LogP contribution in [0.5, 0.6) is 11.5 Å². The van der Waals surface area contributed by atoms with Crippen molar-refractivity contribution in [3.63, 3.8) is 0 Å². The molecule has 0 N–H and O–H groups in total. The first-order valence-electron chi connectivity index (χ1n) is 10.3. The molecule has 5 rings (SSSR count). The van der Waals surface area contributed by atoms with Crippen molar-refractivity contribution in [3.05, 3.63) is 84.3 Å². The predicted octanol–water partition coefficient (Wildman–Crippen LogP) is 4.72. The molecular weight excluding hydrogens is 402 g/mol. The number of nitrogens with zero attached hydrogens (tertiary/aromatic N) is 5. The average molecular weight is 425 g/mol. The maximum absolute atomic E-state index is 6.20. The summed E-state index contributed by atoms with van der Waals surface area (Å²) < 4.78 is 15.5. The lowest BCUT2D eigenvalue weighted by atomic mass is 10.1. The maximum atomic E-state index is 6.20. The van der Waals surface area contributed by atoms with Crippen LogP contribution in [-0.4, -0.2) is 31.7 Å². The van der Waals surface area contributed by atoms with E-state index >= 15 is 0 Å². The summed E-state index contributed by atoms with van der Waals surface area (Å²) in [6.45, 7) is 2.44. The Labute approximate surface area is 185 Å². The molecule has 0 aliphatic carbocycles. The van der Waals surface area contributed by atoms with Crippen molar-refractivity contribution in [1.29, 1.82) is 0 Å². The van der Waals surface area contributed by atoms with Crippen LogP contribution in [-0.2, 0) is 13.7 Å². The summed E-state index contributed by atoms with van der Waals surface area (Å²) in [6, 6.07) is 19.9. The third-order valence-corrected chi connectivity index (χ3v) is 5.33. The fourth-order valence-electron chi connectivity index (χ4n) is 3.83. The zero-order valence-corrected chi connectivity index (χ0v) is 18.2. The number of aryl methyl sites for hydroxylation is 2. The molecule has 5 aromatic rings. The average Bonchev–Trinajstić information content (AvgIpc) is 3.46. The molecule has 0 saturated heterocycles. The fourth-order valence-corrected chi connectivity index (χ4v) is 3.83. The molecule has 0 radical (unpaired) electrons. The van der Waals surface area contributed by atoms with Crippen LogP contribution in [0.2, 0.25) is 0 Å². The van der Waals surface area contributed by atoms with Crippen molar-refractivity contribution in [2.45, 2.75) is 13.5 Å². The van der Waals surface area contributed by atoms with Crippen molar-refractivity contribution in [2.75, 3.05) is 7.11 Å². The molecule has 0 atom stereocenters. The second-order valence-electron chi connectivity index (χ2n) is 7.54. The number of benzene rings is 2. The Bertz CT molecular complexity index is 1380. The van der Waals surface area contributed by atoms with Crippen molar-refractivity contribution in [2.24, 2.45) is 7.05 Å². The van der Waals surface area contributed by atoms with Crippen LogP contribution < -0.4 is 9.47 Å². The van der Waals surface area contributed by atoms with Gasteiger partial charge in [0.2, 0.25) is 0 Å². The molecule has 0 bridgehead atoms. The van der Waals surface area contributed by atoms with E-state index in [0.717, 1.165) is 45.0 Å². The van der Waals surface area contributed by atoms with Crippen LogP contribution in [0, 0.1) is 6.92 Å². The zero-order valence-electron chi connectivity index (χ0n) is 18.2. The van der Waals surface area contributed by atoms with Crippen molar-refractivity contribution in [3.8, 4) is 28.4 Å². The Morgan fingerprint density at radius 2 is 1.81 bits per heavy atom. The lowest BCUT2D eigenvalue weighted by Gasteiger charge is -2.11. The Kier molecular flexibility index (Phi) is 5.07. The Morgan fingerprint density at radius 3 is 2.56 bits per heavy atom. The highest BCUT2D eigenvalue weighted by Gasteiger charge is 2.20. The molecule has 0 amide bonds. The number of rotatable bonds is 6. The van der Waals surface area contributed by atoms with Gasteiger partial charge in [0.25, 0.3) is 0 Å². The van der Waals surface area contributed by atoms with Gasteiger partial charge in [-0.25, -0.2) is 9.67 Å². The second kappa shape index (κ2) is 8.19. The van der Waals surface area contributed by atoms with E-state index < -0.39 is 0 Å². The third-order valence-electron chi connectivity index (χ3n) is 5.33. The molecule has 0 unspecified atom stereocenters. The van der Waals surface area contributed by atoms with E-state index in [-0.39, 0.29) is 0 Å². The molecule has 0 spiro atoms. The topological polar surface area (TPSA) is 67.0 Å². The van der Waals surface area contributed by atoms with Gasteiger partial charge in [0.05, 0.1) is 12.8 Å². The highest BCUT2D eigenvalue weighted by molar-refractivity contribution is 5.95. The summed E-state index contributed by atoms with van der Waals surface area (Å²) in [5.41, 5.74) is 6.11. The molecule has 3 heterocycles. The molecule has 0 saturated carbocycles. The van der Waals surface area contributed by atoms with E-state index in [1.54, 1.807) is 18.0 Å². The number of hydrogen-bond acceptors (Lipinski definition) is 5. The molecule has 0 aliphatic rings. The van der Waals surface area contributed by atoms with Crippen molar-refractivity contribution in [1.82, 2.24) is 24.5 Å². The van der Waals surface area contributed by atoms with Gasteiger partial charge in [0.15, 0.2) is 0 Å². The summed E-state index contributed by atoms with van der Waals surface area (Å²) >= 11 is 0. The van der Waals surface area contributed by atoms with E-state index in [2.05, 4.69) is 5.10 Å².